The largest absolute Gasteiger partial charge is 0.272 e. The molecule has 0 bridgehead atoms. The zero-order chi connectivity index (χ0) is 18.9. The van der Waals surface area contributed by atoms with Crippen molar-refractivity contribution >= 4 is 69.4 Å². The van der Waals surface area contributed by atoms with Crippen LogP contribution in [0.1, 0.15) is 16.7 Å². The zero-order valence-electron chi connectivity index (χ0n) is 11.9. The molecule has 2 aromatic carbocycles. The van der Waals surface area contributed by atoms with Crippen LogP contribution >= 0.6 is 58.0 Å². The summed E-state index contributed by atoms with van der Waals surface area (Å²) < 4.78 is 0. The van der Waals surface area contributed by atoms with E-state index in [9.17, 15) is 15.4 Å². The molecule has 0 N–H and O–H groups in total. The predicted molar refractivity (Wildman–Crippen MR) is 98.4 cm³/mol. The summed E-state index contributed by atoms with van der Waals surface area (Å²) in [5.74, 6) is 0. The molecule has 0 amide bonds. The van der Waals surface area contributed by atoms with Gasteiger partial charge in [-0.3, -0.25) is 10.1 Å². The van der Waals surface area contributed by atoms with Crippen LogP contribution in [0.3, 0.4) is 0 Å². The van der Waals surface area contributed by atoms with Crippen LogP contribution in [0, 0.1) is 28.0 Å². The van der Waals surface area contributed by atoms with Crippen molar-refractivity contribution in [3.63, 3.8) is 0 Å². The molecular formula is C15H4Cl5N3O2. The van der Waals surface area contributed by atoms with E-state index >= 15 is 0 Å². The highest BCUT2D eigenvalue weighted by Gasteiger charge is 2.24. The highest BCUT2D eigenvalue weighted by atomic mass is 35.5. The minimum absolute atomic E-state index is 0.0284. The Labute approximate surface area is 167 Å². The van der Waals surface area contributed by atoms with Crippen molar-refractivity contribution in [3.05, 3.63) is 75.5 Å². The van der Waals surface area contributed by atoms with Crippen LogP contribution in [0.5, 0.6) is 0 Å². The average Bonchev–Trinajstić information content (AvgIpc) is 2.55. The van der Waals surface area contributed by atoms with Gasteiger partial charge in [0.2, 0.25) is 5.69 Å². The molecular weight excluding hydrogens is 431 g/mol. The first kappa shape index (κ1) is 19.6. The van der Waals surface area contributed by atoms with Crippen molar-refractivity contribution in [2.45, 2.75) is 6.42 Å². The summed E-state index contributed by atoms with van der Waals surface area (Å²) in [6.07, 6.45) is -0.0465. The van der Waals surface area contributed by atoms with Gasteiger partial charge in [-0.05, 0) is 11.1 Å². The molecule has 0 saturated heterocycles. The second-order valence-electron chi connectivity index (χ2n) is 4.69. The normalized spacial score (nSPS) is 10.2. The molecule has 0 radical (unpaired) electrons. The number of non-ortho nitro benzene ring substituents is 1. The highest BCUT2D eigenvalue weighted by Crippen LogP contribution is 2.45. The number of hydrogen-bond acceptors (Lipinski definition) is 3. The number of nitro benzene ring substituents is 1. The van der Waals surface area contributed by atoms with Gasteiger partial charge in [-0.15, -0.1) is 0 Å². The Bertz CT molecular complexity index is 969. The van der Waals surface area contributed by atoms with Gasteiger partial charge in [-0.1, -0.05) is 58.0 Å². The van der Waals surface area contributed by atoms with Crippen LogP contribution in [0.4, 0.5) is 11.4 Å². The van der Waals surface area contributed by atoms with Gasteiger partial charge in [0.05, 0.1) is 48.2 Å². The van der Waals surface area contributed by atoms with Crippen LogP contribution < -0.4 is 0 Å². The van der Waals surface area contributed by atoms with E-state index in [-0.39, 0.29) is 54.0 Å². The van der Waals surface area contributed by atoms with E-state index in [1.165, 1.54) is 0 Å². The monoisotopic (exact) mass is 433 g/mol. The van der Waals surface area contributed by atoms with Crippen LogP contribution in [-0.2, 0) is 6.42 Å². The number of benzene rings is 2. The Hall–Kier alpha value is -1.73. The van der Waals surface area contributed by atoms with Crippen molar-refractivity contribution < 1.29 is 4.92 Å². The third-order valence-electron chi connectivity index (χ3n) is 3.31. The molecule has 0 fully saturated rings. The van der Waals surface area contributed by atoms with E-state index in [0.29, 0.717) is 5.56 Å². The molecule has 2 aromatic rings. The first-order chi connectivity index (χ1) is 11.7. The van der Waals surface area contributed by atoms with Crippen molar-refractivity contribution in [1.29, 1.82) is 5.26 Å². The lowest BCUT2D eigenvalue weighted by molar-refractivity contribution is -0.384. The van der Waals surface area contributed by atoms with Gasteiger partial charge in [0.25, 0.3) is 5.69 Å². The quantitative estimate of drug-likeness (QED) is 0.228. The van der Waals surface area contributed by atoms with E-state index < -0.39 is 4.92 Å². The van der Waals surface area contributed by atoms with E-state index in [1.807, 2.05) is 6.07 Å². The lowest BCUT2D eigenvalue weighted by atomic mass is 9.99. The molecule has 0 spiro atoms. The van der Waals surface area contributed by atoms with Crippen molar-refractivity contribution in [2.75, 3.05) is 0 Å². The maximum absolute atomic E-state index is 10.9. The second kappa shape index (κ2) is 7.66. The molecule has 25 heavy (non-hydrogen) atoms. The zero-order valence-corrected chi connectivity index (χ0v) is 15.7. The van der Waals surface area contributed by atoms with E-state index in [1.54, 1.807) is 0 Å². The topological polar surface area (TPSA) is 71.3 Å². The van der Waals surface area contributed by atoms with E-state index in [4.69, 9.17) is 64.6 Å². The summed E-state index contributed by atoms with van der Waals surface area (Å²) in [5, 5.41) is 20.0. The maximum atomic E-state index is 10.9. The van der Waals surface area contributed by atoms with Crippen LogP contribution in [0.25, 0.3) is 4.85 Å². The summed E-state index contributed by atoms with van der Waals surface area (Å²) in [6, 6.07) is 4.16. The number of nitriles is 1. The van der Waals surface area contributed by atoms with Gasteiger partial charge in [0.1, 0.15) is 0 Å². The summed E-state index contributed by atoms with van der Waals surface area (Å²) in [4.78, 5) is 13.4. The number of nitro groups is 1. The number of rotatable bonds is 3. The predicted octanol–water partition coefficient (Wildman–Crippen LogP) is 6.88. The van der Waals surface area contributed by atoms with Gasteiger partial charge in [0.15, 0.2) is 0 Å². The highest BCUT2D eigenvalue weighted by molar-refractivity contribution is 6.47. The molecule has 0 atom stereocenters. The molecule has 0 aromatic heterocycles. The SMILES string of the molecule is [C-]#[N+]c1c(Cl)c(Cl)c(Cc2c(Cl)cc([N+](=O)[O-])cc2Cl)c(C#N)c1Cl. The fraction of sp³-hybridized carbons (Fsp3) is 0.0667. The van der Waals surface area contributed by atoms with Gasteiger partial charge in [0, 0.05) is 18.6 Å². The van der Waals surface area contributed by atoms with E-state index in [2.05, 4.69) is 4.85 Å². The van der Waals surface area contributed by atoms with Crippen molar-refractivity contribution in [1.82, 2.24) is 0 Å². The lowest BCUT2D eigenvalue weighted by Crippen LogP contribution is -1.99. The molecule has 0 saturated carbocycles. The number of hydrogen-bond donors (Lipinski definition) is 0. The molecule has 126 valence electrons. The fourth-order valence-electron chi connectivity index (χ4n) is 2.11. The van der Waals surface area contributed by atoms with Crippen molar-refractivity contribution in [2.24, 2.45) is 0 Å². The van der Waals surface area contributed by atoms with Crippen LogP contribution in [-0.4, -0.2) is 4.92 Å². The smallest absolute Gasteiger partial charge is 0.258 e. The van der Waals surface area contributed by atoms with E-state index in [0.717, 1.165) is 12.1 Å². The first-order valence-electron chi connectivity index (χ1n) is 6.32. The van der Waals surface area contributed by atoms with Crippen LogP contribution in [0.2, 0.25) is 25.1 Å². The molecule has 0 heterocycles. The Morgan fingerprint density at radius 2 is 1.64 bits per heavy atom. The minimum atomic E-state index is -0.631. The molecule has 0 aliphatic heterocycles. The molecule has 2 rings (SSSR count). The summed E-state index contributed by atoms with van der Waals surface area (Å²) in [7, 11) is 0. The molecule has 0 unspecified atom stereocenters. The first-order valence-corrected chi connectivity index (χ1v) is 8.21. The van der Waals surface area contributed by atoms with Crippen LogP contribution in [0.15, 0.2) is 12.1 Å². The van der Waals surface area contributed by atoms with Gasteiger partial charge >= 0.3 is 0 Å². The summed E-state index contributed by atoms with van der Waals surface area (Å²) in [6.45, 7) is 7.10. The Morgan fingerprint density at radius 3 is 2.08 bits per heavy atom. The molecule has 10 heteroatoms. The third-order valence-corrected chi connectivity index (χ3v) is 5.23. The second-order valence-corrected chi connectivity index (χ2v) is 6.64. The Balaban J connectivity index is 2.69. The van der Waals surface area contributed by atoms with Gasteiger partial charge in [-0.25, -0.2) is 4.85 Å². The third kappa shape index (κ3) is 3.62. The Morgan fingerprint density at radius 1 is 1.08 bits per heavy atom. The molecule has 5 nitrogen and oxygen atoms in total. The molecule has 0 aliphatic rings. The molecule has 0 aliphatic carbocycles. The van der Waals surface area contributed by atoms with Crippen molar-refractivity contribution in [3.8, 4) is 6.07 Å². The Kier molecular flexibility index (Phi) is 6.00. The summed E-state index contributed by atoms with van der Waals surface area (Å²) >= 11 is 30.5. The minimum Gasteiger partial charge on any atom is -0.258 e. The number of halogens is 5. The average molecular weight is 435 g/mol. The number of nitrogens with zero attached hydrogens (tertiary/aromatic N) is 3. The maximum Gasteiger partial charge on any atom is 0.272 e. The summed E-state index contributed by atoms with van der Waals surface area (Å²) in [5.41, 5.74) is 0.103. The fourth-order valence-corrected chi connectivity index (χ4v) is 3.57. The standard InChI is InChI=1S/C15H4Cl5N3O2/c1-22-15-13(19)9(5-21)7(12(18)14(15)20)4-8-10(16)2-6(23(24)25)3-11(8)17/h2-3H,4H2. The van der Waals surface area contributed by atoms with Gasteiger partial charge < -0.3 is 0 Å². The lowest BCUT2D eigenvalue weighted by Gasteiger charge is -2.14. The van der Waals surface area contributed by atoms with Gasteiger partial charge in [-0.2, -0.15) is 5.26 Å².